The molecule has 0 spiro atoms. The fourth-order valence-electron chi connectivity index (χ4n) is 2.63. The van der Waals surface area contributed by atoms with Crippen molar-refractivity contribution in [2.75, 3.05) is 26.4 Å². The van der Waals surface area contributed by atoms with Crippen molar-refractivity contribution in [1.82, 2.24) is 0 Å². The van der Waals surface area contributed by atoms with Crippen LogP contribution in [0.4, 0.5) is 0 Å². The predicted molar refractivity (Wildman–Crippen MR) is 106 cm³/mol. The number of ether oxygens (including phenoxy) is 3. The zero-order chi connectivity index (χ0) is 19.9. The molecule has 0 aliphatic rings. The highest BCUT2D eigenvalue weighted by molar-refractivity contribution is 5.80. The Morgan fingerprint density at radius 3 is 2.57 bits per heavy atom. The van der Waals surface area contributed by atoms with E-state index in [1.807, 2.05) is 38.1 Å². The van der Waals surface area contributed by atoms with Gasteiger partial charge in [0, 0.05) is 18.2 Å². The Morgan fingerprint density at radius 2 is 1.82 bits per heavy atom. The molecule has 0 bridgehead atoms. The average molecular weight is 382 g/mol. The standard InChI is InChI=1S/C22H22O6/c1-3-25-10-11-26-22(24)14-27-17-8-9-20-18(12-17)19(23)13-21(28-20)16-6-4-15(2)5-7-16/h4-9,12-13H,3,10-11,14H2,1-2H3. The first kappa shape index (κ1) is 19.6. The number of fused-ring (bicyclic) bond motifs is 1. The van der Waals surface area contributed by atoms with E-state index >= 15 is 0 Å². The number of rotatable bonds is 8. The molecule has 6 nitrogen and oxygen atoms in total. The minimum Gasteiger partial charge on any atom is -0.482 e. The van der Waals surface area contributed by atoms with Gasteiger partial charge in [-0.25, -0.2) is 4.79 Å². The van der Waals surface area contributed by atoms with E-state index in [1.165, 1.54) is 6.07 Å². The van der Waals surface area contributed by atoms with Crippen molar-refractivity contribution >= 4 is 16.9 Å². The lowest BCUT2D eigenvalue weighted by molar-refractivity contribution is -0.147. The summed E-state index contributed by atoms with van der Waals surface area (Å²) in [5.74, 6) is 0.398. The van der Waals surface area contributed by atoms with Crippen LogP contribution in [0.2, 0.25) is 0 Å². The van der Waals surface area contributed by atoms with Gasteiger partial charge < -0.3 is 18.6 Å². The van der Waals surface area contributed by atoms with E-state index in [-0.39, 0.29) is 18.6 Å². The second kappa shape index (κ2) is 9.19. The molecule has 0 aliphatic heterocycles. The summed E-state index contributed by atoms with van der Waals surface area (Å²) < 4.78 is 21.4. The lowest BCUT2D eigenvalue weighted by atomic mass is 10.1. The van der Waals surface area contributed by atoms with Crippen molar-refractivity contribution in [3.63, 3.8) is 0 Å². The molecule has 0 fully saturated rings. The SMILES string of the molecule is CCOCCOC(=O)COc1ccc2oc(-c3ccc(C)cc3)cc(=O)c2c1. The van der Waals surface area contributed by atoms with Crippen LogP contribution < -0.4 is 10.2 Å². The number of hydrogen-bond acceptors (Lipinski definition) is 6. The summed E-state index contributed by atoms with van der Waals surface area (Å²) in [5.41, 5.74) is 2.24. The molecule has 0 N–H and O–H groups in total. The van der Waals surface area contributed by atoms with Crippen molar-refractivity contribution in [3.8, 4) is 17.1 Å². The van der Waals surface area contributed by atoms with E-state index in [2.05, 4.69) is 0 Å². The third-order valence-corrected chi connectivity index (χ3v) is 4.09. The summed E-state index contributed by atoms with van der Waals surface area (Å²) >= 11 is 0. The lowest BCUT2D eigenvalue weighted by Gasteiger charge is -2.08. The Kier molecular flexibility index (Phi) is 6.45. The molecule has 3 rings (SSSR count). The summed E-state index contributed by atoms with van der Waals surface area (Å²) in [6, 6.07) is 14.1. The fourth-order valence-corrected chi connectivity index (χ4v) is 2.63. The molecule has 0 unspecified atom stereocenters. The Morgan fingerprint density at radius 1 is 1.04 bits per heavy atom. The fraction of sp³-hybridized carbons (Fsp3) is 0.273. The third-order valence-electron chi connectivity index (χ3n) is 4.09. The van der Waals surface area contributed by atoms with Gasteiger partial charge >= 0.3 is 5.97 Å². The summed E-state index contributed by atoms with van der Waals surface area (Å²) in [6.45, 7) is 4.72. The van der Waals surface area contributed by atoms with Gasteiger partial charge in [0.1, 0.15) is 23.7 Å². The van der Waals surface area contributed by atoms with Crippen molar-refractivity contribution in [3.05, 3.63) is 64.3 Å². The smallest absolute Gasteiger partial charge is 0.344 e. The first-order valence-corrected chi connectivity index (χ1v) is 9.08. The van der Waals surface area contributed by atoms with Gasteiger partial charge in [0.25, 0.3) is 0 Å². The van der Waals surface area contributed by atoms with Gasteiger partial charge in [-0.05, 0) is 32.0 Å². The molecule has 0 atom stereocenters. The molecule has 0 amide bonds. The van der Waals surface area contributed by atoms with Gasteiger partial charge in [0.2, 0.25) is 0 Å². The van der Waals surface area contributed by atoms with Crippen LogP contribution in [-0.2, 0) is 14.3 Å². The van der Waals surface area contributed by atoms with Crippen molar-refractivity contribution in [1.29, 1.82) is 0 Å². The van der Waals surface area contributed by atoms with E-state index in [0.29, 0.717) is 35.7 Å². The molecule has 6 heteroatoms. The predicted octanol–water partition coefficient (Wildman–Crippen LogP) is 3.73. The Hall–Kier alpha value is -3.12. The second-order valence-electron chi connectivity index (χ2n) is 6.20. The Balaban J connectivity index is 1.71. The van der Waals surface area contributed by atoms with Crippen LogP contribution >= 0.6 is 0 Å². The van der Waals surface area contributed by atoms with Crippen LogP contribution in [-0.4, -0.2) is 32.4 Å². The Bertz CT molecular complexity index is 1000. The van der Waals surface area contributed by atoms with Crippen LogP contribution in [0.3, 0.4) is 0 Å². The topological polar surface area (TPSA) is 75.0 Å². The average Bonchev–Trinajstić information content (AvgIpc) is 2.70. The molecule has 3 aromatic rings. The maximum atomic E-state index is 12.5. The molecule has 0 radical (unpaired) electrons. The van der Waals surface area contributed by atoms with Crippen molar-refractivity contribution in [2.24, 2.45) is 0 Å². The molecular formula is C22H22O6. The molecule has 1 heterocycles. The van der Waals surface area contributed by atoms with E-state index in [9.17, 15) is 9.59 Å². The van der Waals surface area contributed by atoms with Crippen LogP contribution in [0.25, 0.3) is 22.3 Å². The third kappa shape index (κ3) is 4.98. The van der Waals surface area contributed by atoms with Gasteiger partial charge in [-0.1, -0.05) is 29.8 Å². The molecule has 1 aromatic heterocycles. The first-order chi connectivity index (χ1) is 13.6. The second-order valence-corrected chi connectivity index (χ2v) is 6.20. The van der Waals surface area contributed by atoms with Crippen LogP contribution in [0.1, 0.15) is 12.5 Å². The first-order valence-electron chi connectivity index (χ1n) is 9.08. The number of aryl methyl sites for hydroxylation is 1. The summed E-state index contributed by atoms with van der Waals surface area (Å²) in [4.78, 5) is 24.2. The van der Waals surface area contributed by atoms with Crippen LogP contribution in [0.5, 0.6) is 5.75 Å². The summed E-state index contributed by atoms with van der Waals surface area (Å²) in [5, 5.41) is 0.387. The van der Waals surface area contributed by atoms with Crippen molar-refractivity contribution in [2.45, 2.75) is 13.8 Å². The lowest BCUT2D eigenvalue weighted by Crippen LogP contribution is -2.17. The number of esters is 1. The number of benzene rings is 2. The van der Waals surface area contributed by atoms with Gasteiger partial charge in [0.05, 0.1) is 12.0 Å². The quantitative estimate of drug-likeness (QED) is 0.437. The van der Waals surface area contributed by atoms with E-state index in [1.54, 1.807) is 18.2 Å². The minimum absolute atomic E-state index is 0.179. The van der Waals surface area contributed by atoms with Crippen LogP contribution in [0.15, 0.2) is 57.7 Å². The number of carbonyl (C=O) groups is 1. The molecule has 2 aromatic carbocycles. The molecule has 146 valence electrons. The van der Waals surface area contributed by atoms with E-state index in [4.69, 9.17) is 18.6 Å². The van der Waals surface area contributed by atoms with Gasteiger partial charge in [-0.3, -0.25) is 4.79 Å². The molecule has 0 saturated carbocycles. The summed E-state index contributed by atoms with van der Waals surface area (Å²) in [7, 11) is 0. The Labute approximate surface area is 162 Å². The normalized spacial score (nSPS) is 10.8. The van der Waals surface area contributed by atoms with Crippen molar-refractivity contribution < 1.29 is 23.4 Å². The number of hydrogen-bond donors (Lipinski definition) is 0. The minimum atomic E-state index is -0.499. The highest BCUT2D eigenvalue weighted by atomic mass is 16.6. The molecule has 0 saturated heterocycles. The highest BCUT2D eigenvalue weighted by Gasteiger charge is 2.10. The van der Waals surface area contributed by atoms with Gasteiger partial charge in [-0.2, -0.15) is 0 Å². The molecule has 28 heavy (non-hydrogen) atoms. The van der Waals surface area contributed by atoms with E-state index in [0.717, 1.165) is 11.1 Å². The molecule has 0 aliphatic carbocycles. The van der Waals surface area contributed by atoms with Crippen LogP contribution in [0, 0.1) is 6.92 Å². The largest absolute Gasteiger partial charge is 0.482 e. The van der Waals surface area contributed by atoms with Gasteiger partial charge in [-0.15, -0.1) is 0 Å². The maximum Gasteiger partial charge on any atom is 0.344 e. The van der Waals surface area contributed by atoms with E-state index < -0.39 is 5.97 Å². The number of carbonyl (C=O) groups excluding carboxylic acids is 1. The van der Waals surface area contributed by atoms with Gasteiger partial charge in [0.15, 0.2) is 12.0 Å². The molecular weight excluding hydrogens is 360 g/mol. The highest BCUT2D eigenvalue weighted by Crippen LogP contribution is 2.25. The maximum absolute atomic E-state index is 12.5. The summed E-state index contributed by atoms with van der Waals surface area (Å²) in [6.07, 6.45) is 0. The monoisotopic (exact) mass is 382 g/mol. The zero-order valence-electron chi connectivity index (χ0n) is 15.9. The zero-order valence-corrected chi connectivity index (χ0v) is 15.9.